The molecule has 2 aromatic heterocycles. The Bertz CT molecular complexity index is 1440. The van der Waals surface area contributed by atoms with Crippen LogP contribution in [0, 0.1) is 11.3 Å². The van der Waals surface area contributed by atoms with E-state index in [-0.39, 0.29) is 23.6 Å². The number of aromatic nitrogens is 2. The summed E-state index contributed by atoms with van der Waals surface area (Å²) in [6.07, 6.45) is 0. The Morgan fingerprint density at radius 3 is 2.72 bits per heavy atom. The maximum absolute atomic E-state index is 12.7. The third-order valence-electron chi connectivity index (χ3n) is 7.29. The smallest absolute Gasteiger partial charge is 0.252 e. The number of piperazine rings is 1. The quantitative estimate of drug-likeness (QED) is 0.562. The zero-order valence-corrected chi connectivity index (χ0v) is 21.1. The average molecular weight is 487 g/mol. The van der Waals surface area contributed by atoms with Gasteiger partial charge in [0.1, 0.15) is 29.6 Å². The van der Waals surface area contributed by atoms with E-state index < -0.39 is 0 Å². The third-order valence-corrected chi connectivity index (χ3v) is 7.29. The number of anilines is 2. The maximum Gasteiger partial charge on any atom is 0.252 e. The fourth-order valence-electron chi connectivity index (χ4n) is 5.33. The molecule has 2 aliphatic rings. The van der Waals surface area contributed by atoms with E-state index in [0.29, 0.717) is 43.0 Å². The first kappa shape index (κ1) is 23.8. The Morgan fingerprint density at radius 1 is 1.17 bits per heavy atom. The molecule has 0 N–H and O–H groups in total. The summed E-state index contributed by atoms with van der Waals surface area (Å²) in [5.41, 5.74) is 4.26. The van der Waals surface area contributed by atoms with Crippen LogP contribution in [-0.2, 0) is 18.4 Å². The highest BCUT2D eigenvalue weighted by Crippen LogP contribution is 2.37. The molecule has 1 saturated heterocycles. The van der Waals surface area contributed by atoms with Crippen molar-refractivity contribution in [3.63, 3.8) is 0 Å². The Labute approximate surface area is 210 Å². The van der Waals surface area contributed by atoms with Gasteiger partial charge in [-0.15, -0.1) is 0 Å². The topological polar surface area (TPSA) is 94.7 Å². The second-order valence-corrected chi connectivity index (χ2v) is 9.67. The van der Waals surface area contributed by atoms with E-state index in [0.717, 1.165) is 29.2 Å². The first-order valence-electron chi connectivity index (χ1n) is 12.2. The van der Waals surface area contributed by atoms with Gasteiger partial charge in [0.15, 0.2) is 0 Å². The Morgan fingerprint density at radius 2 is 1.97 bits per heavy atom. The van der Waals surface area contributed by atoms with Crippen molar-refractivity contribution in [1.29, 1.82) is 5.26 Å². The third kappa shape index (κ3) is 4.07. The van der Waals surface area contributed by atoms with Gasteiger partial charge in [0, 0.05) is 57.3 Å². The van der Waals surface area contributed by atoms with E-state index in [4.69, 9.17) is 4.74 Å². The van der Waals surface area contributed by atoms with E-state index in [1.807, 2.05) is 12.1 Å². The highest BCUT2D eigenvalue weighted by atomic mass is 16.5. The van der Waals surface area contributed by atoms with Gasteiger partial charge in [0.25, 0.3) is 5.56 Å². The monoisotopic (exact) mass is 486 g/mol. The molecule has 9 nitrogen and oxygen atoms in total. The van der Waals surface area contributed by atoms with E-state index in [1.54, 1.807) is 41.6 Å². The van der Waals surface area contributed by atoms with Gasteiger partial charge in [-0.1, -0.05) is 12.1 Å². The Kier molecular flexibility index (Phi) is 6.14. The molecule has 0 radical (unpaired) electrons. The molecule has 2 aliphatic heterocycles. The normalized spacial score (nSPS) is 20.1. The number of carbonyl (C=O) groups is 1. The zero-order chi connectivity index (χ0) is 25.6. The minimum atomic E-state index is -0.102. The predicted octanol–water partition coefficient (Wildman–Crippen LogP) is 2.65. The van der Waals surface area contributed by atoms with Crippen molar-refractivity contribution in [2.45, 2.75) is 39.4 Å². The van der Waals surface area contributed by atoms with E-state index in [2.05, 4.69) is 40.8 Å². The van der Waals surface area contributed by atoms with Crippen LogP contribution in [0.3, 0.4) is 0 Å². The van der Waals surface area contributed by atoms with E-state index in [9.17, 15) is 14.9 Å². The molecule has 0 aliphatic carbocycles. The van der Waals surface area contributed by atoms with Crippen LogP contribution < -0.4 is 20.1 Å². The number of fused-ring (bicyclic) bond motifs is 2. The lowest BCUT2D eigenvalue weighted by atomic mass is 10.0. The summed E-state index contributed by atoms with van der Waals surface area (Å²) in [6, 6.07) is 13.5. The fourth-order valence-corrected chi connectivity index (χ4v) is 5.33. The van der Waals surface area contributed by atoms with Gasteiger partial charge in [-0.25, -0.2) is 4.98 Å². The number of amides is 1. The summed E-state index contributed by atoms with van der Waals surface area (Å²) < 4.78 is 7.59. The largest absolute Gasteiger partial charge is 0.489 e. The number of pyridine rings is 2. The molecule has 0 spiro atoms. The molecule has 5 rings (SSSR count). The van der Waals surface area contributed by atoms with E-state index in [1.165, 1.54) is 0 Å². The van der Waals surface area contributed by atoms with Gasteiger partial charge >= 0.3 is 0 Å². The van der Waals surface area contributed by atoms with Crippen LogP contribution in [-0.4, -0.2) is 58.7 Å². The van der Waals surface area contributed by atoms with Crippen molar-refractivity contribution in [3.8, 4) is 11.8 Å². The van der Waals surface area contributed by atoms with Crippen LogP contribution in [0.2, 0.25) is 0 Å². The molecule has 0 bridgehead atoms. The second-order valence-electron chi connectivity index (χ2n) is 9.67. The van der Waals surface area contributed by atoms with Crippen LogP contribution >= 0.6 is 0 Å². The molecule has 1 unspecified atom stereocenters. The molecule has 3 aromatic rings. The van der Waals surface area contributed by atoms with Crippen molar-refractivity contribution in [2.75, 3.05) is 36.0 Å². The molecular weight excluding hydrogens is 456 g/mol. The SMILES string of the molecule is CC(=O)N1CCOc2c(CN3C[C@H](C)N(c4cc(=O)n(C)c5ccc(C#N)nc45)CC3C)cccc21. The highest BCUT2D eigenvalue weighted by molar-refractivity contribution is 5.94. The number of nitriles is 1. The molecule has 1 amide bonds. The minimum absolute atomic E-state index is 0.0155. The lowest BCUT2D eigenvalue weighted by Gasteiger charge is -2.45. The van der Waals surface area contributed by atoms with Crippen LogP contribution in [0.4, 0.5) is 11.4 Å². The summed E-state index contributed by atoms with van der Waals surface area (Å²) in [5.74, 6) is 0.800. The lowest BCUT2D eigenvalue weighted by molar-refractivity contribution is -0.116. The number of carbonyl (C=O) groups excluding carboxylic acids is 1. The molecule has 2 atom stereocenters. The van der Waals surface area contributed by atoms with Crippen LogP contribution in [0.15, 0.2) is 41.2 Å². The number of rotatable bonds is 3. The second kappa shape index (κ2) is 9.28. The van der Waals surface area contributed by atoms with Gasteiger partial charge in [-0.05, 0) is 32.0 Å². The van der Waals surface area contributed by atoms with Crippen molar-refractivity contribution < 1.29 is 9.53 Å². The summed E-state index contributed by atoms with van der Waals surface area (Å²) >= 11 is 0. The average Bonchev–Trinajstić information content (AvgIpc) is 2.87. The van der Waals surface area contributed by atoms with Gasteiger partial charge < -0.3 is 19.1 Å². The van der Waals surface area contributed by atoms with Gasteiger partial charge in [-0.2, -0.15) is 5.26 Å². The molecule has 9 heteroatoms. The van der Waals surface area contributed by atoms with Crippen molar-refractivity contribution in [1.82, 2.24) is 14.5 Å². The number of benzene rings is 1. The first-order chi connectivity index (χ1) is 17.3. The fraction of sp³-hybridized carbons (Fsp3) is 0.407. The summed E-state index contributed by atoms with van der Waals surface area (Å²) in [4.78, 5) is 35.8. The molecule has 1 aromatic carbocycles. The zero-order valence-electron chi connectivity index (χ0n) is 21.1. The van der Waals surface area contributed by atoms with Gasteiger partial charge in [-0.3, -0.25) is 14.5 Å². The maximum atomic E-state index is 12.7. The number of nitrogens with zero attached hydrogens (tertiary/aromatic N) is 6. The standard InChI is InChI=1S/C27H30N6O3/c1-17-15-33(24-12-25(35)30(4)22-9-8-21(13-28)29-26(22)24)18(2)14-31(17)16-20-6-5-7-23-27(20)36-11-10-32(23)19(3)34/h5-9,12,17-18H,10-11,14-16H2,1-4H3/t17?,18-/m0/s1. The predicted molar refractivity (Wildman–Crippen MR) is 138 cm³/mol. The van der Waals surface area contributed by atoms with Gasteiger partial charge in [0.05, 0.1) is 23.4 Å². The first-order valence-corrected chi connectivity index (χ1v) is 12.2. The number of hydrogen-bond acceptors (Lipinski definition) is 7. The number of para-hydroxylation sites is 1. The molecular formula is C27H30N6O3. The summed E-state index contributed by atoms with van der Waals surface area (Å²) in [6.45, 7) is 9.12. The van der Waals surface area contributed by atoms with Crippen LogP contribution in [0.25, 0.3) is 11.0 Å². The summed E-state index contributed by atoms with van der Waals surface area (Å²) in [5, 5.41) is 9.39. The van der Waals surface area contributed by atoms with Crippen LogP contribution in [0.1, 0.15) is 32.0 Å². The Balaban J connectivity index is 1.44. The number of hydrogen-bond donors (Lipinski definition) is 0. The molecule has 1 fully saturated rings. The molecule has 0 saturated carbocycles. The van der Waals surface area contributed by atoms with Gasteiger partial charge in [0.2, 0.25) is 5.91 Å². The van der Waals surface area contributed by atoms with Crippen molar-refractivity contribution in [3.05, 3.63) is 58.0 Å². The van der Waals surface area contributed by atoms with Crippen LogP contribution in [0.5, 0.6) is 5.75 Å². The Hall–Kier alpha value is -3.90. The molecule has 36 heavy (non-hydrogen) atoms. The van der Waals surface area contributed by atoms with E-state index >= 15 is 0 Å². The molecule has 186 valence electrons. The van der Waals surface area contributed by atoms with Crippen molar-refractivity contribution >= 4 is 28.3 Å². The van der Waals surface area contributed by atoms with Crippen molar-refractivity contribution in [2.24, 2.45) is 7.05 Å². The highest BCUT2D eigenvalue weighted by Gasteiger charge is 2.32. The lowest BCUT2D eigenvalue weighted by Crippen LogP contribution is -2.56. The minimum Gasteiger partial charge on any atom is -0.489 e. The number of aryl methyl sites for hydroxylation is 1. The summed E-state index contributed by atoms with van der Waals surface area (Å²) in [7, 11) is 1.72. The molecule has 4 heterocycles. The number of ether oxygens (including phenoxy) is 1.